The SMILES string of the molecule is CCCOc1ccc(N(CC(=O)N[C@H](C)c2ccc(OC)cc2)S(C)(=O)=O)cc1. The summed E-state index contributed by atoms with van der Waals surface area (Å²) in [5.74, 6) is 0.980. The van der Waals surface area contributed by atoms with Gasteiger partial charge in [0.2, 0.25) is 15.9 Å². The Morgan fingerprint density at radius 1 is 1.07 bits per heavy atom. The van der Waals surface area contributed by atoms with E-state index in [-0.39, 0.29) is 12.6 Å². The topological polar surface area (TPSA) is 84.9 Å². The van der Waals surface area contributed by atoms with Gasteiger partial charge in [-0.05, 0) is 55.3 Å². The Morgan fingerprint density at radius 2 is 1.66 bits per heavy atom. The number of nitrogens with zero attached hydrogens (tertiary/aromatic N) is 1. The standard InChI is InChI=1S/C21H28N2O5S/c1-5-14-28-20-12-8-18(9-13-20)23(29(4,25)26)15-21(24)22-16(2)17-6-10-19(27-3)11-7-17/h6-13,16H,5,14-15H2,1-4H3,(H,22,24)/t16-/m1/s1. The van der Waals surface area contributed by atoms with Crippen molar-refractivity contribution in [3.63, 3.8) is 0 Å². The molecule has 0 spiro atoms. The van der Waals surface area contributed by atoms with Crippen LogP contribution in [0.1, 0.15) is 31.9 Å². The van der Waals surface area contributed by atoms with Crippen molar-refractivity contribution < 1.29 is 22.7 Å². The normalized spacial score (nSPS) is 12.1. The maximum Gasteiger partial charge on any atom is 0.241 e. The molecule has 0 fully saturated rings. The van der Waals surface area contributed by atoms with Gasteiger partial charge in [0.1, 0.15) is 18.0 Å². The molecule has 7 nitrogen and oxygen atoms in total. The first-order chi connectivity index (χ1) is 13.7. The maximum absolute atomic E-state index is 12.5. The Bertz CT molecular complexity index is 896. The predicted molar refractivity (Wildman–Crippen MR) is 114 cm³/mol. The van der Waals surface area contributed by atoms with Crippen molar-refractivity contribution in [2.24, 2.45) is 0 Å². The summed E-state index contributed by atoms with van der Waals surface area (Å²) in [6, 6.07) is 13.7. The third-order valence-electron chi connectivity index (χ3n) is 4.28. The van der Waals surface area contributed by atoms with Crippen LogP contribution in [-0.4, -0.2) is 40.8 Å². The molecule has 8 heteroatoms. The minimum absolute atomic E-state index is 0.278. The number of hydrogen-bond acceptors (Lipinski definition) is 5. The number of amides is 1. The number of anilines is 1. The summed E-state index contributed by atoms with van der Waals surface area (Å²) in [7, 11) is -2.05. The number of nitrogens with one attached hydrogen (secondary N) is 1. The van der Waals surface area contributed by atoms with Gasteiger partial charge in [0.15, 0.2) is 0 Å². The smallest absolute Gasteiger partial charge is 0.241 e. The van der Waals surface area contributed by atoms with E-state index in [1.165, 1.54) is 0 Å². The molecule has 0 aromatic heterocycles. The molecule has 158 valence electrons. The van der Waals surface area contributed by atoms with Gasteiger partial charge in [-0.2, -0.15) is 0 Å². The molecule has 0 unspecified atom stereocenters. The molecule has 0 heterocycles. The van der Waals surface area contributed by atoms with Gasteiger partial charge < -0.3 is 14.8 Å². The Morgan fingerprint density at radius 3 is 2.17 bits per heavy atom. The lowest BCUT2D eigenvalue weighted by atomic mass is 10.1. The van der Waals surface area contributed by atoms with Crippen molar-refractivity contribution >= 4 is 21.6 Å². The van der Waals surface area contributed by atoms with Crippen LogP contribution in [0.15, 0.2) is 48.5 Å². The average molecular weight is 421 g/mol. The molecule has 0 aliphatic rings. The summed E-state index contributed by atoms with van der Waals surface area (Å²) >= 11 is 0. The zero-order chi connectivity index (χ0) is 21.4. The van der Waals surface area contributed by atoms with Crippen LogP contribution in [-0.2, 0) is 14.8 Å². The van der Waals surface area contributed by atoms with E-state index in [2.05, 4.69) is 5.32 Å². The summed E-state index contributed by atoms with van der Waals surface area (Å²) in [6.45, 7) is 4.12. The summed E-state index contributed by atoms with van der Waals surface area (Å²) in [5.41, 5.74) is 1.30. The molecule has 0 aliphatic heterocycles. The largest absolute Gasteiger partial charge is 0.497 e. The highest BCUT2D eigenvalue weighted by atomic mass is 32.2. The number of carbonyl (C=O) groups is 1. The van der Waals surface area contributed by atoms with Crippen LogP contribution in [0.2, 0.25) is 0 Å². The second kappa shape index (κ2) is 10.2. The lowest BCUT2D eigenvalue weighted by Gasteiger charge is -2.23. The molecule has 1 amide bonds. The minimum atomic E-state index is -3.64. The van der Waals surface area contributed by atoms with Crippen LogP contribution in [0, 0.1) is 0 Å². The van der Waals surface area contributed by atoms with E-state index in [0.717, 1.165) is 28.3 Å². The fraction of sp³-hybridized carbons (Fsp3) is 0.381. The highest BCUT2D eigenvalue weighted by Crippen LogP contribution is 2.22. The van der Waals surface area contributed by atoms with Crippen molar-refractivity contribution in [2.75, 3.05) is 30.8 Å². The van der Waals surface area contributed by atoms with Crippen LogP contribution in [0.3, 0.4) is 0 Å². The van der Waals surface area contributed by atoms with E-state index in [1.807, 2.05) is 38.1 Å². The first-order valence-electron chi connectivity index (χ1n) is 9.38. The number of ether oxygens (including phenoxy) is 2. The van der Waals surface area contributed by atoms with E-state index < -0.39 is 15.9 Å². The predicted octanol–water partition coefficient (Wildman–Crippen LogP) is 3.13. The van der Waals surface area contributed by atoms with Crippen molar-refractivity contribution in [1.29, 1.82) is 0 Å². The average Bonchev–Trinajstić information content (AvgIpc) is 2.70. The molecule has 0 saturated heterocycles. The summed E-state index contributed by atoms with van der Waals surface area (Å²) in [6.07, 6.45) is 1.96. The monoisotopic (exact) mass is 420 g/mol. The van der Waals surface area contributed by atoms with E-state index >= 15 is 0 Å². The first kappa shape index (κ1) is 22.5. The second-order valence-electron chi connectivity index (χ2n) is 6.67. The molecule has 2 aromatic carbocycles. The van der Waals surface area contributed by atoms with Crippen molar-refractivity contribution in [1.82, 2.24) is 5.32 Å². The molecule has 0 saturated carbocycles. The first-order valence-corrected chi connectivity index (χ1v) is 11.2. The van der Waals surface area contributed by atoms with Gasteiger partial charge in [0.25, 0.3) is 0 Å². The Kier molecular flexibility index (Phi) is 7.90. The van der Waals surface area contributed by atoms with Gasteiger partial charge in [-0.1, -0.05) is 19.1 Å². The Balaban J connectivity index is 2.08. The lowest BCUT2D eigenvalue weighted by Crippen LogP contribution is -2.41. The Labute approximate surface area is 172 Å². The van der Waals surface area contributed by atoms with Gasteiger partial charge in [0.05, 0.1) is 31.7 Å². The number of rotatable bonds is 10. The van der Waals surface area contributed by atoms with Crippen LogP contribution in [0.25, 0.3) is 0 Å². The van der Waals surface area contributed by atoms with Gasteiger partial charge in [0, 0.05) is 0 Å². The minimum Gasteiger partial charge on any atom is -0.497 e. The number of methoxy groups -OCH3 is 1. The van der Waals surface area contributed by atoms with Crippen LogP contribution in [0.5, 0.6) is 11.5 Å². The zero-order valence-corrected chi connectivity index (χ0v) is 18.0. The Hall–Kier alpha value is -2.74. The molecule has 2 rings (SSSR count). The number of benzene rings is 2. The van der Waals surface area contributed by atoms with E-state index in [0.29, 0.717) is 18.0 Å². The summed E-state index contributed by atoms with van der Waals surface area (Å²) in [4.78, 5) is 12.5. The number of hydrogen-bond donors (Lipinski definition) is 1. The van der Waals surface area contributed by atoms with Gasteiger partial charge in [-0.15, -0.1) is 0 Å². The fourth-order valence-electron chi connectivity index (χ4n) is 2.72. The molecule has 29 heavy (non-hydrogen) atoms. The van der Waals surface area contributed by atoms with Gasteiger partial charge in [-0.3, -0.25) is 9.10 Å². The molecular weight excluding hydrogens is 392 g/mol. The highest BCUT2D eigenvalue weighted by Gasteiger charge is 2.22. The van der Waals surface area contributed by atoms with E-state index in [9.17, 15) is 13.2 Å². The lowest BCUT2D eigenvalue weighted by molar-refractivity contribution is -0.120. The van der Waals surface area contributed by atoms with Crippen LogP contribution < -0.4 is 19.1 Å². The zero-order valence-electron chi connectivity index (χ0n) is 17.2. The highest BCUT2D eigenvalue weighted by molar-refractivity contribution is 7.92. The molecular formula is C21H28N2O5S. The number of carbonyl (C=O) groups excluding carboxylic acids is 1. The third kappa shape index (κ3) is 6.67. The van der Waals surface area contributed by atoms with E-state index in [1.54, 1.807) is 31.4 Å². The van der Waals surface area contributed by atoms with Crippen molar-refractivity contribution in [3.8, 4) is 11.5 Å². The third-order valence-corrected chi connectivity index (χ3v) is 5.42. The molecule has 0 radical (unpaired) electrons. The van der Waals surface area contributed by atoms with Crippen molar-refractivity contribution in [2.45, 2.75) is 26.3 Å². The van der Waals surface area contributed by atoms with Crippen molar-refractivity contribution in [3.05, 3.63) is 54.1 Å². The fourth-order valence-corrected chi connectivity index (χ4v) is 3.58. The summed E-state index contributed by atoms with van der Waals surface area (Å²) < 4.78 is 36.2. The second-order valence-corrected chi connectivity index (χ2v) is 8.58. The quantitative estimate of drug-likeness (QED) is 0.638. The molecule has 0 aliphatic carbocycles. The van der Waals surface area contributed by atoms with Gasteiger partial charge in [-0.25, -0.2) is 8.42 Å². The maximum atomic E-state index is 12.5. The molecule has 1 N–H and O–H groups in total. The van der Waals surface area contributed by atoms with Crippen LogP contribution >= 0.6 is 0 Å². The molecule has 2 aromatic rings. The summed E-state index contributed by atoms with van der Waals surface area (Å²) in [5, 5.41) is 2.83. The molecule has 0 bridgehead atoms. The van der Waals surface area contributed by atoms with Gasteiger partial charge >= 0.3 is 0 Å². The number of sulfonamides is 1. The van der Waals surface area contributed by atoms with Crippen LogP contribution in [0.4, 0.5) is 5.69 Å². The van der Waals surface area contributed by atoms with E-state index in [4.69, 9.17) is 9.47 Å². The molecule has 1 atom stereocenters.